The smallest absolute Gasteiger partial charge is 0.0726 e. The third kappa shape index (κ3) is 4.55. The minimum absolute atomic E-state index is 0.555. The number of thiophene rings is 1. The van der Waals surface area contributed by atoms with Crippen molar-refractivity contribution in [2.75, 3.05) is 4.90 Å². The molecular formula is C57H35NS. The summed E-state index contributed by atoms with van der Waals surface area (Å²) < 4.78 is 2.60. The highest BCUT2D eigenvalue weighted by atomic mass is 32.1. The van der Waals surface area contributed by atoms with Gasteiger partial charge in [0.05, 0.1) is 5.41 Å². The summed E-state index contributed by atoms with van der Waals surface area (Å²) in [4.78, 5) is 2.48. The molecule has 2 heteroatoms. The lowest BCUT2D eigenvalue weighted by molar-refractivity contribution is 0.773. The molecule has 1 spiro atoms. The van der Waals surface area contributed by atoms with Crippen molar-refractivity contribution in [1.29, 1.82) is 0 Å². The summed E-state index contributed by atoms with van der Waals surface area (Å²) in [5.74, 6) is 0. The van der Waals surface area contributed by atoms with E-state index in [0.29, 0.717) is 0 Å². The largest absolute Gasteiger partial charge is 0.310 e. The Hall–Kier alpha value is -7.26. The lowest BCUT2D eigenvalue weighted by Gasteiger charge is -2.40. The first-order valence-corrected chi connectivity index (χ1v) is 21.2. The molecule has 0 saturated carbocycles. The van der Waals surface area contributed by atoms with Gasteiger partial charge in [-0.2, -0.15) is 0 Å². The Kier molecular flexibility index (Phi) is 6.87. The Morgan fingerprint density at radius 1 is 0.339 bits per heavy atom. The van der Waals surface area contributed by atoms with Crippen LogP contribution in [0.5, 0.6) is 0 Å². The van der Waals surface area contributed by atoms with Crippen LogP contribution >= 0.6 is 11.3 Å². The molecule has 0 aliphatic heterocycles. The van der Waals surface area contributed by atoms with Gasteiger partial charge < -0.3 is 4.90 Å². The minimum Gasteiger partial charge on any atom is -0.310 e. The van der Waals surface area contributed by atoms with E-state index in [2.05, 4.69) is 217 Å². The summed E-state index contributed by atoms with van der Waals surface area (Å²) in [5, 5.41) is 7.68. The zero-order valence-electron chi connectivity index (χ0n) is 32.1. The molecule has 0 bridgehead atoms. The van der Waals surface area contributed by atoms with E-state index >= 15 is 0 Å². The van der Waals surface area contributed by atoms with Crippen molar-refractivity contribution in [3.8, 4) is 33.4 Å². The highest BCUT2D eigenvalue weighted by Crippen LogP contribution is 2.64. The van der Waals surface area contributed by atoms with Crippen LogP contribution in [0.15, 0.2) is 212 Å². The number of nitrogens with zero attached hydrogens (tertiary/aromatic N) is 1. The number of hydrogen-bond acceptors (Lipinski definition) is 2. The molecule has 0 saturated heterocycles. The molecular weight excluding hydrogens is 731 g/mol. The van der Waals surface area contributed by atoms with Gasteiger partial charge in [-0.05, 0) is 120 Å². The lowest BCUT2D eigenvalue weighted by Crippen LogP contribution is -2.32. The van der Waals surface area contributed by atoms with E-state index in [4.69, 9.17) is 0 Å². The van der Waals surface area contributed by atoms with Crippen molar-refractivity contribution in [2.24, 2.45) is 0 Å². The number of fused-ring (bicyclic) bond motifs is 13. The van der Waals surface area contributed by atoms with Crippen molar-refractivity contribution in [3.63, 3.8) is 0 Å². The quantitative estimate of drug-likeness (QED) is 0.172. The fraction of sp³-hybridized carbons (Fsp3) is 0.0175. The Labute approximate surface area is 346 Å². The molecule has 0 amide bonds. The van der Waals surface area contributed by atoms with Crippen LogP contribution in [0.2, 0.25) is 0 Å². The van der Waals surface area contributed by atoms with Gasteiger partial charge in [-0.3, -0.25) is 0 Å². The zero-order valence-corrected chi connectivity index (χ0v) is 32.9. The maximum Gasteiger partial charge on any atom is 0.0726 e. The Bertz CT molecular complexity index is 3520. The molecule has 2 aliphatic carbocycles. The van der Waals surface area contributed by atoms with E-state index < -0.39 is 5.41 Å². The SMILES string of the molecule is c1ccc(-c2cccc3c2-c2ccc(N(c4ccc5ccccc5c4)c4ccc5c(c4)sc4ccccc45)cc2C32c3ccccc3-c3cccc4cccc2c34)cc1. The molecule has 1 aromatic heterocycles. The highest BCUT2D eigenvalue weighted by molar-refractivity contribution is 7.25. The van der Waals surface area contributed by atoms with Gasteiger partial charge in [0.15, 0.2) is 0 Å². The van der Waals surface area contributed by atoms with E-state index in [1.54, 1.807) is 0 Å². The van der Waals surface area contributed by atoms with Gasteiger partial charge in [0.1, 0.15) is 0 Å². The number of anilines is 3. The van der Waals surface area contributed by atoms with Crippen LogP contribution in [0.25, 0.3) is 75.1 Å². The van der Waals surface area contributed by atoms with E-state index in [0.717, 1.165) is 17.1 Å². The van der Waals surface area contributed by atoms with E-state index in [-0.39, 0.29) is 0 Å². The monoisotopic (exact) mass is 765 g/mol. The van der Waals surface area contributed by atoms with Crippen molar-refractivity contribution in [3.05, 3.63) is 235 Å². The van der Waals surface area contributed by atoms with E-state index in [9.17, 15) is 0 Å². The second-order valence-electron chi connectivity index (χ2n) is 16.0. The Balaban J connectivity index is 1.14. The molecule has 59 heavy (non-hydrogen) atoms. The first-order chi connectivity index (χ1) is 29.3. The molecule has 0 fully saturated rings. The molecule has 1 unspecified atom stereocenters. The van der Waals surface area contributed by atoms with Gasteiger partial charge in [0.2, 0.25) is 0 Å². The molecule has 1 nitrogen and oxygen atoms in total. The average Bonchev–Trinajstić information content (AvgIpc) is 3.82. The summed E-state index contributed by atoms with van der Waals surface area (Å²) in [6.07, 6.45) is 0. The van der Waals surface area contributed by atoms with Crippen LogP contribution in [-0.2, 0) is 5.41 Å². The third-order valence-electron chi connectivity index (χ3n) is 13.0. The molecule has 1 atom stereocenters. The van der Waals surface area contributed by atoms with Crippen LogP contribution < -0.4 is 4.90 Å². The zero-order chi connectivity index (χ0) is 38.7. The molecule has 11 aromatic rings. The first kappa shape index (κ1) is 32.8. The third-order valence-corrected chi connectivity index (χ3v) is 14.2. The Morgan fingerprint density at radius 3 is 1.90 bits per heavy atom. The second-order valence-corrected chi connectivity index (χ2v) is 17.1. The molecule has 13 rings (SSSR count). The van der Waals surface area contributed by atoms with Crippen molar-refractivity contribution in [1.82, 2.24) is 0 Å². The van der Waals surface area contributed by atoms with Gasteiger partial charge in [0, 0.05) is 37.2 Å². The highest BCUT2D eigenvalue weighted by Gasteiger charge is 2.51. The standard InChI is InChI=1S/C57H35NS/c1-2-14-37(15-3-1)43-21-12-25-51-56(43)48-32-30-41(34-52(48)57(51)49-23-8-6-19-44(49)47-22-10-17-38-18-11-24-50(57)55(38)47)58(40-28-27-36-13-4-5-16-39(36)33-40)42-29-31-46-45-20-7-9-26-53(45)59-54(46)35-42/h1-35H. The van der Waals surface area contributed by atoms with Crippen LogP contribution in [0, 0.1) is 0 Å². The van der Waals surface area contributed by atoms with Gasteiger partial charge in [0.25, 0.3) is 0 Å². The fourth-order valence-electron chi connectivity index (χ4n) is 10.6. The van der Waals surface area contributed by atoms with Gasteiger partial charge >= 0.3 is 0 Å². The minimum atomic E-state index is -0.555. The average molecular weight is 766 g/mol. The summed E-state index contributed by atoms with van der Waals surface area (Å²) in [6, 6.07) is 79.6. The second kappa shape index (κ2) is 12.4. The van der Waals surface area contributed by atoms with Gasteiger partial charge in [-0.15, -0.1) is 11.3 Å². The predicted molar refractivity (Wildman–Crippen MR) is 251 cm³/mol. The number of rotatable bonds is 4. The first-order valence-electron chi connectivity index (χ1n) is 20.4. The maximum atomic E-state index is 2.53. The number of hydrogen-bond donors (Lipinski definition) is 0. The summed E-state index contributed by atoms with van der Waals surface area (Å²) in [5.41, 5.74) is 15.9. The van der Waals surface area contributed by atoms with Crippen molar-refractivity contribution in [2.45, 2.75) is 5.41 Å². The lowest BCUT2D eigenvalue weighted by atomic mass is 9.61. The molecule has 274 valence electrons. The molecule has 1 heterocycles. The molecule has 0 N–H and O–H groups in total. The van der Waals surface area contributed by atoms with Crippen molar-refractivity contribution >= 4 is 70.1 Å². The van der Waals surface area contributed by atoms with Gasteiger partial charge in [-0.1, -0.05) is 170 Å². The molecule has 0 radical (unpaired) electrons. The van der Waals surface area contributed by atoms with Crippen molar-refractivity contribution < 1.29 is 0 Å². The van der Waals surface area contributed by atoms with Crippen LogP contribution in [0.4, 0.5) is 17.1 Å². The fourth-order valence-corrected chi connectivity index (χ4v) is 11.8. The van der Waals surface area contributed by atoms with E-state index in [1.807, 2.05) is 11.3 Å². The van der Waals surface area contributed by atoms with Crippen LogP contribution in [0.3, 0.4) is 0 Å². The molecule has 10 aromatic carbocycles. The predicted octanol–water partition coefficient (Wildman–Crippen LogP) is 15.8. The van der Waals surface area contributed by atoms with Crippen LogP contribution in [0.1, 0.15) is 22.3 Å². The topological polar surface area (TPSA) is 3.24 Å². The summed E-state index contributed by atoms with van der Waals surface area (Å²) in [6.45, 7) is 0. The van der Waals surface area contributed by atoms with Gasteiger partial charge in [-0.25, -0.2) is 0 Å². The van der Waals surface area contributed by atoms with Crippen LogP contribution in [-0.4, -0.2) is 0 Å². The summed E-state index contributed by atoms with van der Waals surface area (Å²) in [7, 11) is 0. The van der Waals surface area contributed by atoms with E-state index in [1.165, 1.54) is 97.4 Å². The normalized spacial score (nSPS) is 14.8. The molecule has 2 aliphatic rings. The Morgan fingerprint density at radius 2 is 0.966 bits per heavy atom. The maximum absolute atomic E-state index is 2.53. The number of benzene rings is 10. The summed E-state index contributed by atoms with van der Waals surface area (Å²) >= 11 is 1.87.